The molecular formula is C19H19ClN2O4. The second-order valence-electron chi connectivity index (χ2n) is 6.46. The molecule has 0 aliphatic carbocycles. The predicted octanol–water partition coefficient (Wildman–Crippen LogP) is 3.89. The van der Waals surface area contributed by atoms with Crippen LogP contribution in [0.15, 0.2) is 30.0 Å². The third-order valence-corrected chi connectivity index (χ3v) is 4.51. The molecule has 3 rings (SSSR count). The first-order valence-electron chi connectivity index (χ1n) is 8.24. The summed E-state index contributed by atoms with van der Waals surface area (Å²) in [7, 11) is 0. The van der Waals surface area contributed by atoms with Gasteiger partial charge in [0.15, 0.2) is 5.57 Å². The summed E-state index contributed by atoms with van der Waals surface area (Å²) in [5.41, 5.74) is 3.14. The number of anilines is 1. The van der Waals surface area contributed by atoms with Gasteiger partial charge < -0.3 is 14.8 Å². The van der Waals surface area contributed by atoms with Crippen molar-refractivity contribution in [3.8, 4) is 0 Å². The number of fused-ring (bicyclic) bond motifs is 1. The van der Waals surface area contributed by atoms with Crippen LogP contribution in [-0.2, 0) is 25.5 Å². The molecule has 1 saturated heterocycles. The lowest BCUT2D eigenvalue weighted by atomic mass is 10.1. The van der Waals surface area contributed by atoms with Gasteiger partial charge in [-0.1, -0.05) is 18.5 Å². The zero-order chi connectivity index (χ0) is 19.1. The van der Waals surface area contributed by atoms with E-state index in [1.54, 1.807) is 6.07 Å². The SMILES string of the molecule is CCc1c(C)nc2ccc(NC=C3C(=O)OC(C)(C)OC3=O)cc2c1Cl. The average Bonchev–Trinajstić information content (AvgIpc) is 2.54. The largest absolute Gasteiger partial charge is 0.419 e. The fraction of sp³-hybridized carbons (Fsp3) is 0.316. The highest BCUT2D eigenvalue weighted by atomic mass is 35.5. The van der Waals surface area contributed by atoms with Crippen LogP contribution >= 0.6 is 11.6 Å². The molecule has 0 saturated carbocycles. The Morgan fingerprint density at radius 2 is 1.88 bits per heavy atom. The number of benzene rings is 1. The first kappa shape index (κ1) is 18.2. The molecule has 26 heavy (non-hydrogen) atoms. The quantitative estimate of drug-likeness (QED) is 0.499. The highest BCUT2D eigenvalue weighted by molar-refractivity contribution is 6.36. The number of nitrogens with zero attached hydrogens (tertiary/aromatic N) is 1. The number of aryl methyl sites for hydroxylation is 1. The third-order valence-electron chi connectivity index (χ3n) is 4.08. The van der Waals surface area contributed by atoms with Crippen molar-refractivity contribution in [3.05, 3.63) is 46.3 Å². The van der Waals surface area contributed by atoms with Gasteiger partial charge in [-0.3, -0.25) is 4.98 Å². The van der Waals surface area contributed by atoms with E-state index in [0.717, 1.165) is 28.6 Å². The van der Waals surface area contributed by atoms with Crippen LogP contribution in [0.5, 0.6) is 0 Å². The van der Waals surface area contributed by atoms with E-state index >= 15 is 0 Å². The van der Waals surface area contributed by atoms with Crippen LogP contribution < -0.4 is 5.32 Å². The number of ether oxygens (including phenoxy) is 2. The number of pyridine rings is 1. The summed E-state index contributed by atoms with van der Waals surface area (Å²) in [6, 6.07) is 5.44. The summed E-state index contributed by atoms with van der Waals surface area (Å²) in [5, 5.41) is 4.38. The molecule has 1 N–H and O–H groups in total. The second-order valence-corrected chi connectivity index (χ2v) is 6.83. The Morgan fingerprint density at radius 1 is 1.23 bits per heavy atom. The van der Waals surface area contributed by atoms with Gasteiger partial charge in [0.05, 0.1) is 10.5 Å². The Morgan fingerprint density at radius 3 is 2.50 bits per heavy atom. The second kappa shape index (κ2) is 6.61. The Hall–Kier alpha value is -2.60. The van der Waals surface area contributed by atoms with Crippen LogP contribution in [0, 0.1) is 6.92 Å². The number of cyclic esters (lactones) is 2. The maximum atomic E-state index is 12.0. The number of carbonyl (C=O) groups is 2. The van der Waals surface area contributed by atoms with Crippen molar-refractivity contribution in [3.63, 3.8) is 0 Å². The summed E-state index contributed by atoms with van der Waals surface area (Å²) < 4.78 is 10.1. The topological polar surface area (TPSA) is 77.5 Å². The average molecular weight is 375 g/mol. The number of hydrogen-bond donors (Lipinski definition) is 1. The molecule has 1 aromatic heterocycles. The summed E-state index contributed by atoms with van der Waals surface area (Å²) in [5.74, 6) is -2.73. The lowest BCUT2D eigenvalue weighted by Crippen LogP contribution is -2.42. The van der Waals surface area contributed by atoms with Crippen LogP contribution in [0.3, 0.4) is 0 Å². The highest BCUT2D eigenvalue weighted by Gasteiger charge is 2.38. The van der Waals surface area contributed by atoms with Gasteiger partial charge in [-0.2, -0.15) is 0 Å². The molecule has 0 amide bonds. The van der Waals surface area contributed by atoms with Crippen LogP contribution in [0.1, 0.15) is 32.0 Å². The van der Waals surface area contributed by atoms with Crippen molar-refractivity contribution in [1.29, 1.82) is 0 Å². The number of hydrogen-bond acceptors (Lipinski definition) is 6. The molecule has 7 heteroatoms. The van der Waals surface area contributed by atoms with Crippen molar-refractivity contribution >= 4 is 40.1 Å². The van der Waals surface area contributed by atoms with Gasteiger partial charge in [0.25, 0.3) is 5.79 Å². The molecule has 0 spiro atoms. The first-order valence-corrected chi connectivity index (χ1v) is 8.61. The van der Waals surface area contributed by atoms with E-state index in [1.165, 1.54) is 20.0 Å². The van der Waals surface area contributed by atoms with E-state index in [9.17, 15) is 9.59 Å². The van der Waals surface area contributed by atoms with Gasteiger partial charge in [-0.05, 0) is 37.1 Å². The van der Waals surface area contributed by atoms with E-state index in [-0.39, 0.29) is 5.57 Å². The number of halogens is 1. The summed E-state index contributed by atoms with van der Waals surface area (Å²) in [6.45, 7) is 6.95. The maximum absolute atomic E-state index is 12.0. The molecule has 2 aromatic rings. The minimum atomic E-state index is -1.26. The monoisotopic (exact) mass is 374 g/mol. The molecule has 136 valence electrons. The van der Waals surface area contributed by atoms with E-state index in [4.69, 9.17) is 21.1 Å². The molecule has 1 aromatic carbocycles. The lowest BCUT2D eigenvalue weighted by Gasteiger charge is -2.29. The van der Waals surface area contributed by atoms with Crippen LogP contribution in [0.4, 0.5) is 5.69 Å². The smallest absolute Gasteiger partial charge is 0.350 e. The van der Waals surface area contributed by atoms with Crippen molar-refractivity contribution in [2.75, 3.05) is 5.32 Å². The van der Waals surface area contributed by atoms with E-state index in [1.807, 2.05) is 26.0 Å². The van der Waals surface area contributed by atoms with Gasteiger partial charge >= 0.3 is 11.9 Å². The number of rotatable bonds is 3. The van der Waals surface area contributed by atoms with Gasteiger partial charge in [0.1, 0.15) is 0 Å². The van der Waals surface area contributed by atoms with Gasteiger partial charge in [0.2, 0.25) is 0 Å². The number of carbonyl (C=O) groups excluding carboxylic acids is 2. The molecule has 0 unspecified atom stereocenters. The minimum Gasteiger partial charge on any atom is -0.419 e. The normalized spacial score (nSPS) is 16.3. The van der Waals surface area contributed by atoms with Crippen molar-refractivity contribution in [1.82, 2.24) is 4.98 Å². The van der Waals surface area contributed by atoms with Crippen LogP contribution in [0.2, 0.25) is 5.02 Å². The fourth-order valence-electron chi connectivity index (χ4n) is 2.81. The van der Waals surface area contributed by atoms with Gasteiger partial charge in [-0.25, -0.2) is 9.59 Å². The molecule has 1 aliphatic heterocycles. The molecule has 6 nitrogen and oxygen atoms in total. The van der Waals surface area contributed by atoms with Crippen LogP contribution in [0.25, 0.3) is 10.9 Å². The molecule has 0 radical (unpaired) electrons. The van der Waals surface area contributed by atoms with Crippen molar-refractivity contribution in [2.24, 2.45) is 0 Å². The third kappa shape index (κ3) is 3.37. The minimum absolute atomic E-state index is 0.202. The predicted molar refractivity (Wildman–Crippen MR) is 98.8 cm³/mol. The van der Waals surface area contributed by atoms with Crippen molar-refractivity contribution < 1.29 is 19.1 Å². The molecule has 0 atom stereocenters. The first-order chi connectivity index (χ1) is 12.2. The summed E-state index contributed by atoms with van der Waals surface area (Å²) in [6.07, 6.45) is 2.06. The van der Waals surface area contributed by atoms with Gasteiger partial charge in [0, 0.05) is 36.8 Å². The van der Waals surface area contributed by atoms with Crippen molar-refractivity contribution in [2.45, 2.75) is 39.9 Å². The highest BCUT2D eigenvalue weighted by Crippen LogP contribution is 2.30. The molecule has 0 bridgehead atoms. The number of aromatic nitrogens is 1. The van der Waals surface area contributed by atoms with Gasteiger partial charge in [-0.15, -0.1) is 0 Å². The Bertz CT molecular complexity index is 928. The lowest BCUT2D eigenvalue weighted by molar-refractivity contribution is -0.222. The molecule has 1 aliphatic rings. The maximum Gasteiger partial charge on any atom is 0.350 e. The standard InChI is InChI=1S/C19H19ClN2O4/c1-5-12-10(2)22-15-7-6-11(8-13(15)16(12)20)21-9-14-17(23)25-19(3,4)26-18(14)24/h6-9,21H,5H2,1-4H3. The summed E-state index contributed by atoms with van der Waals surface area (Å²) >= 11 is 6.51. The Kier molecular flexibility index (Phi) is 4.63. The van der Waals surface area contributed by atoms with E-state index in [2.05, 4.69) is 10.3 Å². The molecule has 1 fully saturated rings. The molecular weight excluding hydrogens is 356 g/mol. The number of esters is 2. The Balaban J connectivity index is 1.92. The zero-order valence-corrected chi connectivity index (χ0v) is 15.7. The fourth-order valence-corrected chi connectivity index (χ4v) is 3.24. The van der Waals surface area contributed by atoms with Crippen LogP contribution in [-0.4, -0.2) is 22.7 Å². The summed E-state index contributed by atoms with van der Waals surface area (Å²) in [4.78, 5) is 28.5. The van der Waals surface area contributed by atoms with E-state index < -0.39 is 17.7 Å². The molecule has 2 heterocycles. The number of nitrogens with one attached hydrogen (secondary N) is 1. The Labute approximate surface area is 156 Å². The zero-order valence-electron chi connectivity index (χ0n) is 15.0. The van der Waals surface area contributed by atoms with E-state index in [0.29, 0.717) is 10.7 Å².